The van der Waals surface area contributed by atoms with Gasteiger partial charge in [0.15, 0.2) is 5.78 Å². The Kier molecular flexibility index (Phi) is 3.98. The molecule has 0 bridgehead atoms. The summed E-state index contributed by atoms with van der Waals surface area (Å²) in [7, 11) is 0. The Morgan fingerprint density at radius 1 is 1.29 bits per heavy atom. The number of ketones is 1. The first-order chi connectivity index (χ1) is 8.27. The molecule has 88 valence electrons. The molecule has 1 heterocycles. The minimum Gasteiger partial charge on any atom is -0.293 e. The zero-order valence-electron chi connectivity index (χ0n) is 9.72. The van der Waals surface area contributed by atoms with Crippen molar-refractivity contribution in [3.63, 3.8) is 0 Å². The molecule has 0 aliphatic rings. The number of benzene rings is 1. The molecule has 4 heteroatoms. The molecule has 3 nitrogen and oxygen atoms in total. The van der Waals surface area contributed by atoms with Gasteiger partial charge in [-0.25, -0.2) is 0 Å². The van der Waals surface area contributed by atoms with E-state index in [1.807, 2.05) is 25.1 Å². The SMILES string of the molecule is Cc1nnsc1C(=O)CCCc1ccccc1. The summed E-state index contributed by atoms with van der Waals surface area (Å²) in [4.78, 5) is 12.6. The van der Waals surface area contributed by atoms with Gasteiger partial charge in [-0.1, -0.05) is 34.8 Å². The summed E-state index contributed by atoms with van der Waals surface area (Å²) in [5.74, 6) is 0.161. The number of Topliss-reactive ketones (excluding diaryl/α,β-unsaturated/α-hetero) is 1. The quantitative estimate of drug-likeness (QED) is 0.761. The fourth-order valence-electron chi connectivity index (χ4n) is 1.70. The molecular weight excluding hydrogens is 232 g/mol. The molecule has 0 fully saturated rings. The third-order valence-electron chi connectivity index (χ3n) is 2.62. The van der Waals surface area contributed by atoms with Gasteiger partial charge in [0.1, 0.15) is 4.88 Å². The molecule has 0 radical (unpaired) electrons. The van der Waals surface area contributed by atoms with E-state index in [1.165, 1.54) is 17.1 Å². The number of rotatable bonds is 5. The lowest BCUT2D eigenvalue weighted by atomic mass is 10.1. The smallest absolute Gasteiger partial charge is 0.176 e. The predicted octanol–water partition coefficient (Wildman–Crippen LogP) is 3.05. The first-order valence-corrected chi connectivity index (χ1v) is 6.41. The summed E-state index contributed by atoms with van der Waals surface area (Å²) >= 11 is 1.19. The van der Waals surface area contributed by atoms with E-state index in [2.05, 4.69) is 21.7 Å². The van der Waals surface area contributed by atoms with Crippen LogP contribution in [0.3, 0.4) is 0 Å². The summed E-state index contributed by atoms with van der Waals surface area (Å²) in [5.41, 5.74) is 2.03. The van der Waals surface area contributed by atoms with Gasteiger partial charge in [-0.15, -0.1) is 5.10 Å². The van der Waals surface area contributed by atoms with Crippen LogP contribution in [0.1, 0.15) is 33.8 Å². The van der Waals surface area contributed by atoms with Crippen LogP contribution in [0, 0.1) is 6.92 Å². The Bertz CT molecular complexity index is 493. The van der Waals surface area contributed by atoms with Gasteiger partial charge >= 0.3 is 0 Å². The first-order valence-electron chi connectivity index (χ1n) is 5.63. The number of aromatic nitrogens is 2. The maximum atomic E-state index is 11.8. The second-order valence-corrected chi connectivity index (χ2v) is 4.70. The van der Waals surface area contributed by atoms with E-state index in [1.54, 1.807) is 0 Å². The lowest BCUT2D eigenvalue weighted by Crippen LogP contribution is -1.99. The van der Waals surface area contributed by atoms with Crippen LogP contribution in [-0.4, -0.2) is 15.4 Å². The van der Waals surface area contributed by atoms with Crippen molar-refractivity contribution in [2.45, 2.75) is 26.2 Å². The van der Waals surface area contributed by atoms with Crippen LogP contribution < -0.4 is 0 Å². The van der Waals surface area contributed by atoms with Crippen molar-refractivity contribution < 1.29 is 4.79 Å². The van der Waals surface area contributed by atoms with Gasteiger partial charge in [-0.2, -0.15) is 0 Å². The van der Waals surface area contributed by atoms with Crippen LogP contribution in [0.15, 0.2) is 30.3 Å². The Balaban J connectivity index is 1.84. The fourth-order valence-corrected chi connectivity index (χ4v) is 2.32. The largest absolute Gasteiger partial charge is 0.293 e. The Hall–Kier alpha value is -1.55. The first kappa shape index (κ1) is 11.9. The number of nitrogens with zero attached hydrogens (tertiary/aromatic N) is 2. The van der Waals surface area contributed by atoms with Crippen LogP contribution in [0.2, 0.25) is 0 Å². The lowest BCUT2D eigenvalue weighted by Gasteiger charge is -2.00. The standard InChI is InChI=1S/C13H14N2OS/c1-10-13(17-15-14-10)12(16)9-5-8-11-6-3-2-4-7-11/h2-4,6-7H,5,8-9H2,1H3. The molecule has 0 atom stereocenters. The van der Waals surface area contributed by atoms with E-state index in [9.17, 15) is 4.79 Å². The van der Waals surface area contributed by atoms with Crippen molar-refractivity contribution >= 4 is 17.3 Å². The molecule has 0 spiro atoms. The fraction of sp³-hybridized carbons (Fsp3) is 0.308. The van der Waals surface area contributed by atoms with E-state index in [0.717, 1.165) is 18.5 Å². The number of aryl methyl sites for hydroxylation is 2. The van der Waals surface area contributed by atoms with Crippen molar-refractivity contribution in [2.24, 2.45) is 0 Å². The number of carbonyl (C=O) groups is 1. The molecule has 0 amide bonds. The third-order valence-corrected chi connectivity index (χ3v) is 3.49. The van der Waals surface area contributed by atoms with E-state index in [4.69, 9.17) is 0 Å². The van der Waals surface area contributed by atoms with Crippen molar-refractivity contribution in [3.05, 3.63) is 46.5 Å². The van der Waals surface area contributed by atoms with Crippen LogP contribution >= 0.6 is 11.5 Å². The average molecular weight is 246 g/mol. The van der Waals surface area contributed by atoms with Crippen molar-refractivity contribution in [1.29, 1.82) is 0 Å². The van der Waals surface area contributed by atoms with E-state index in [-0.39, 0.29) is 5.78 Å². The van der Waals surface area contributed by atoms with Crippen molar-refractivity contribution in [2.75, 3.05) is 0 Å². The maximum Gasteiger partial charge on any atom is 0.176 e. The van der Waals surface area contributed by atoms with Gasteiger partial charge in [0.05, 0.1) is 5.69 Å². The zero-order valence-corrected chi connectivity index (χ0v) is 10.5. The normalized spacial score (nSPS) is 10.4. The summed E-state index contributed by atoms with van der Waals surface area (Å²) in [6.45, 7) is 1.83. The Labute approximate surface area is 105 Å². The lowest BCUT2D eigenvalue weighted by molar-refractivity contribution is 0.0983. The molecule has 17 heavy (non-hydrogen) atoms. The molecule has 2 rings (SSSR count). The number of carbonyl (C=O) groups excluding carboxylic acids is 1. The minimum absolute atomic E-state index is 0.161. The molecular formula is C13H14N2OS. The summed E-state index contributed by atoms with van der Waals surface area (Å²) in [6.07, 6.45) is 2.39. The molecule has 0 unspecified atom stereocenters. The van der Waals surface area contributed by atoms with Crippen LogP contribution in [0.4, 0.5) is 0 Å². The van der Waals surface area contributed by atoms with Gasteiger partial charge < -0.3 is 0 Å². The highest BCUT2D eigenvalue weighted by atomic mass is 32.1. The molecule has 0 aliphatic heterocycles. The molecule has 1 aromatic carbocycles. The molecule has 0 aliphatic carbocycles. The van der Waals surface area contributed by atoms with E-state index < -0.39 is 0 Å². The third kappa shape index (κ3) is 3.20. The van der Waals surface area contributed by atoms with Crippen molar-refractivity contribution in [1.82, 2.24) is 9.59 Å². The Morgan fingerprint density at radius 2 is 2.06 bits per heavy atom. The average Bonchev–Trinajstić information content (AvgIpc) is 2.77. The topological polar surface area (TPSA) is 42.9 Å². The second kappa shape index (κ2) is 5.68. The van der Waals surface area contributed by atoms with Gasteiger partial charge in [0, 0.05) is 6.42 Å². The van der Waals surface area contributed by atoms with Gasteiger partial charge in [-0.3, -0.25) is 4.79 Å². The molecule has 0 saturated heterocycles. The van der Waals surface area contributed by atoms with Crippen LogP contribution in [0.5, 0.6) is 0 Å². The molecule has 2 aromatic rings. The van der Waals surface area contributed by atoms with Crippen molar-refractivity contribution in [3.8, 4) is 0 Å². The van der Waals surface area contributed by atoms with Crippen LogP contribution in [-0.2, 0) is 6.42 Å². The summed E-state index contributed by atoms with van der Waals surface area (Å²) in [6, 6.07) is 10.2. The van der Waals surface area contributed by atoms with Crippen LogP contribution in [0.25, 0.3) is 0 Å². The molecule has 0 N–H and O–H groups in total. The van der Waals surface area contributed by atoms with Gasteiger partial charge in [0.2, 0.25) is 0 Å². The Morgan fingerprint density at radius 3 is 2.71 bits per heavy atom. The highest BCUT2D eigenvalue weighted by molar-refractivity contribution is 7.08. The molecule has 1 aromatic heterocycles. The minimum atomic E-state index is 0.161. The summed E-state index contributed by atoms with van der Waals surface area (Å²) in [5, 5.41) is 3.85. The maximum absolute atomic E-state index is 11.8. The monoisotopic (exact) mass is 246 g/mol. The number of hydrogen-bond acceptors (Lipinski definition) is 4. The van der Waals surface area contributed by atoms with E-state index >= 15 is 0 Å². The van der Waals surface area contributed by atoms with Gasteiger partial charge in [0.25, 0.3) is 0 Å². The second-order valence-electron chi connectivity index (χ2n) is 3.95. The van der Waals surface area contributed by atoms with E-state index in [0.29, 0.717) is 11.3 Å². The highest BCUT2D eigenvalue weighted by Gasteiger charge is 2.12. The van der Waals surface area contributed by atoms with Gasteiger partial charge in [-0.05, 0) is 36.9 Å². The summed E-state index contributed by atoms with van der Waals surface area (Å²) < 4.78 is 3.78. The molecule has 0 saturated carbocycles. The highest BCUT2D eigenvalue weighted by Crippen LogP contribution is 2.14. The predicted molar refractivity (Wildman–Crippen MR) is 68.4 cm³/mol. The zero-order chi connectivity index (χ0) is 12.1. The number of hydrogen-bond donors (Lipinski definition) is 0.